The van der Waals surface area contributed by atoms with Gasteiger partial charge in [0.25, 0.3) is 0 Å². The molecule has 6 nitrogen and oxygen atoms in total. The van der Waals surface area contributed by atoms with Gasteiger partial charge < -0.3 is 14.6 Å². The summed E-state index contributed by atoms with van der Waals surface area (Å²) < 4.78 is 10.4. The number of nitrogens with one attached hydrogen (secondary N) is 1. The van der Waals surface area contributed by atoms with Gasteiger partial charge in [0, 0.05) is 5.39 Å². The molecule has 0 radical (unpaired) electrons. The minimum Gasteiger partial charge on any atom is -0.462 e. The topological polar surface area (TPSA) is 81.4 Å². The number of ether oxygens (including phenoxy) is 1. The number of hydrogen-bond acceptors (Lipinski definition) is 5. The molecule has 134 valence electrons. The second-order valence-corrected chi connectivity index (χ2v) is 6.08. The Morgan fingerprint density at radius 2 is 1.96 bits per heavy atom. The zero-order valence-electron chi connectivity index (χ0n) is 15.0. The Morgan fingerprint density at radius 3 is 2.73 bits per heavy atom. The highest BCUT2D eigenvalue weighted by Gasteiger charge is 2.17. The normalized spacial score (nSPS) is 10.7. The number of aryl methyl sites for hydroxylation is 2. The van der Waals surface area contributed by atoms with Crippen LogP contribution in [0.5, 0.6) is 0 Å². The van der Waals surface area contributed by atoms with Crippen molar-refractivity contribution < 1.29 is 18.8 Å². The zero-order chi connectivity index (χ0) is 18.7. The van der Waals surface area contributed by atoms with Crippen LogP contribution in [0.4, 0.5) is 5.69 Å². The maximum atomic E-state index is 12.5. The molecule has 26 heavy (non-hydrogen) atoms. The monoisotopic (exact) mass is 352 g/mol. The van der Waals surface area contributed by atoms with Gasteiger partial charge in [0.2, 0.25) is 5.91 Å². The Bertz CT molecular complexity index is 975. The smallest absolute Gasteiger partial charge is 0.340 e. The van der Waals surface area contributed by atoms with Crippen molar-refractivity contribution in [3.63, 3.8) is 0 Å². The number of hydrogen-bond donors (Lipinski definition) is 1. The van der Waals surface area contributed by atoms with E-state index in [2.05, 4.69) is 10.5 Å². The van der Waals surface area contributed by atoms with Gasteiger partial charge in [0.15, 0.2) is 5.58 Å². The highest BCUT2D eigenvalue weighted by molar-refractivity contribution is 6.02. The van der Waals surface area contributed by atoms with Crippen molar-refractivity contribution in [3.05, 3.63) is 58.8 Å². The number of anilines is 1. The summed E-state index contributed by atoms with van der Waals surface area (Å²) in [5.41, 5.74) is 4.04. The molecule has 6 heteroatoms. The number of amides is 1. The Balaban J connectivity index is 1.82. The van der Waals surface area contributed by atoms with Gasteiger partial charge >= 0.3 is 5.97 Å². The first-order valence-corrected chi connectivity index (χ1v) is 8.41. The number of esters is 1. The number of carbonyl (C=O) groups is 2. The predicted molar refractivity (Wildman–Crippen MR) is 98.2 cm³/mol. The standard InChI is InChI=1S/C20H20N2O4/c1-4-25-20(24)14-7-5-6-8-16(14)21-18(23)11-17-15-10-12(2)9-13(3)19(15)26-22-17/h5-10H,4,11H2,1-3H3,(H,21,23). The van der Waals surface area contributed by atoms with Crippen LogP contribution in [0.15, 0.2) is 40.9 Å². The lowest BCUT2D eigenvalue weighted by Crippen LogP contribution is -2.17. The number of fused-ring (bicyclic) bond motifs is 1. The third-order valence-electron chi connectivity index (χ3n) is 4.00. The first-order chi connectivity index (χ1) is 12.5. The molecule has 0 saturated heterocycles. The van der Waals surface area contributed by atoms with E-state index in [-0.39, 0.29) is 18.9 Å². The summed E-state index contributed by atoms with van der Waals surface area (Å²) in [6.07, 6.45) is 0.0487. The van der Waals surface area contributed by atoms with E-state index >= 15 is 0 Å². The molecular formula is C20H20N2O4. The molecule has 0 aliphatic heterocycles. The second kappa shape index (κ2) is 7.39. The van der Waals surface area contributed by atoms with Gasteiger partial charge in [-0.3, -0.25) is 4.79 Å². The Morgan fingerprint density at radius 1 is 1.19 bits per heavy atom. The lowest BCUT2D eigenvalue weighted by Gasteiger charge is -2.09. The maximum Gasteiger partial charge on any atom is 0.340 e. The quantitative estimate of drug-likeness (QED) is 0.706. The van der Waals surface area contributed by atoms with Crippen LogP contribution in [0, 0.1) is 13.8 Å². The molecule has 1 aromatic heterocycles. The van der Waals surface area contributed by atoms with Gasteiger partial charge in [-0.05, 0) is 50.1 Å². The number of aromatic nitrogens is 1. The number of rotatable bonds is 5. The van der Waals surface area contributed by atoms with E-state index in [9.17, 15) is 9.59 Å². The van der Waals surface area contributed by atoms with Crippen LogP contribution in [-0.2, 0) is 16.0 Å². The summed E-state index contributed by atoms with van der Waals surface area (Å²) in [5.74, 6) is -0.752. The summed E-state index contributed by atoms with van der Waals surface area (Å²) in [6, 6.07) is 10.7. The fourth-order valence-electron chi connectivity index (χ4n) is 2.89. The van der Waals surface area contributed by atoms with E-state index in [1.165, 1.54) is 0 Å². The van der Waals surface area contributed by atoms with Gasteiger partial charge in [-0.15, -0.1) is 0 Å². The van der Waals surface area contributed by atoms with Crippen LogP contribution in [0.1, 0.15) is 34.1 Å². The molecule has 2 aromatic carbocycles. The van der Waals surface area contributed by atoms with Gasteiger partial charge in [-0.2, -0.15) is 0 Å². The first-order valence-electron chi connectivity index (χ1n) is 8.41. The van der Waals surface area contributed by atoms with Crippen molar-refractivity contribution in [2.45, 2.75) is 27.2 Å². The summed E-state index contributed by atoms with van der Waals surface area (Å²) in [6.45, 7) is 5.93. The fourth-order valence-corrected chi connectivity index (χ4v) is 2.89. The minimum atomic E-state index is -0.471. The van der Waals surface area contributed by atoms with Gasteiger partial charge in [-0.25, -0.2) is 4.79 Å². The average molecular weight is 352 g/mol. The van der Waals surface area contributed by atoms with E-state index in [1.54, 1.807) is 31.2 Å². The van der Waals surface area contributed by atoms with Crippen molar-refractivity contribution in [3.8, 4) is 0 Å². The molecular weight excluding hydrogens is 332 g/mol. The largest absolute Gasteiger partial charge is 0.462 e. The van der Waals surface area contributed by atoms with E-state index in [4.69, 9.17) is 9.26 Å². The molecule has 1 amide bonds. The molecule has 0 aliphatic rings. The van der Waals surface area contributed by atoms with Crippen LogP contribution in [0.2, 0.25) is 0 Å². The van der Waals surface area contributed by atoms with Crippen LogP contribution in [-0.4, -0.2) is 23.6 Å². The van der Waals surface area contributed by atoms with E-state index in [0.717, 1.165) is 16.5 Å². The summed E-state index contributed by atoms with van der Waals surface area (Å²) in [5, 5.41) is 7.63. The van der Waals surface area contributed by atoms with Crippen LogP contribution < -0.4 is 5.32 Å². The SMILES string of the molecule is CCOC(=O)c1ccccc1NC(=O)Cc1noc2c(C)cc(C)cc12. The van der Waals surface area contributed by atoms with Gasteiger partial charge in [0.05, 0.1) is 24.3 Å². The molecule has 0 fully saturated rings. The third-order valence-corrected chi connectivity index (χ3v) is 4.00. The minimum absolute atomic E-state index is 0.0487. The summed E-state index contributed by atoms with van der Waals surface area (Å²) >= 11 is 0. The molecule has 1 heterocycles. The maximum absolute atomic E-state index is 12.5. The van der Waals surface area contributed by atoms with Crippen molar-refractivity contribution in [2.24, 2.45) is 0 Å². The van der Waals surface area contributed by atoms with Crippen LogP contribution in [0.25, 0.3) is 11.0 Å². The number of carbonyl (C=O) groups excluding carboxylic acids is 2. The molecule has 3 aromatic rings. The number of nitrogens with zero attached hydrogens (tertiary/aromatic N) is 1. The molecule has 1 N–H and O–H groups in total. The van der Waals surface area contributed by atoms with Crippen molar-refractivity contribution in [1.82, 2.24) is 5.16 Å². The van der Waals surface area contributed by atoms with E-state index < -0.39 is 5.97 Å². The Labute approximate surface area is 151 Å². The Kier molecular flexibility index (Phi) is 5.02. The number of para-hydroxylation sites is 1. The average Bonchev–Trinajstić information content (AvgIpc) is 2.98. The third kappa shape index (κ3) is 3.59. The fraction of sp³-hybridized carbons (Fsp3) is 0.250. The van der Waals surface area contributed by atoms with Crippen molar-refractivity contribution in [1.29, 1.82) is 0 Å². The second-order valence-electron chi connectivity index (χ2n) is 6.08. The highest BCUT2D eigenvalue weighted by Crippen LogP contribution is 2.24. The van der Waals surface area contributed by atoms with Crippen molar-refractivity contribution in [2.75, 3.05) is 11.9 Å². The first kappa shape index (κ1) is 17.7. The molecule has 0 atom stereocenters. The van der Waals surface area contributed by atoms with Crippen molar-refractivity contribution >= 4 is 28.5 Å². The molecule has 3 rings (SSSR count). The Hall–Kier alpha value is -3.15. The summed E-state index contributed by atoms with van der Waals surface area (Å²) in [4.78, 5) is 24.5. The molecule has 0 bridgehead atoms. The lowest BCUT2D eigenvalue weighted by atomic mass is 10.1. The van der Waals surface area contributed by atoms with E-state index in [1.807, 2.05) is 26.0 Å². The number of benzene rings is 2. The van der Waals surface area contributed by atoms with Crippen LogP contribution in [0.3, 0.4) is 0 Å². The molecule has 0 spiro atoms. The highest BCUT2D eigenvalue weighted by atomic mass is 16.5. The lowest BCUT2D eigenvalue weighted by molar-refractivity contribution is -0.115. The van der Waals surface area contributed by atoms with Gasteiger partial charge in [0.1, 0.15) is 5.69 Å². The van der Waals surface area contributed by atoms with Crippen LogP contribution >= 0.6 is 0 Å². The summed E-state index contributed by atoms with van der Waals surface area (Å²) in [7, 11) is 0. The van der Waals surface area contributed by atoms with Gasteiger partial charge in [-0.1, -0.05) is 23.4 Å². The molecule has 0 unspecified atom stereocenters. The predicted octanol–water partition coefficient (Wildman–Crippen LogP) is 3.80. The van der Waals surface area contributed by atoms with E-state index in [0.29, 0.717) is 22.5 Å². The molecule has 0 aliphatic carbocycles. The molecule has 0 saturated carbocycles. The zero-order valence-corrected chi connectivity index (χ0v) is 15.0.